The van der Waals surface area contributed by atoms with Crippen LogP contribution in [0, 0.1) is 11.3 Å². The second kappa shape index (κ2) is 7.82. The lowest BCUT2D eigenvalue weighted by Crippen LogP contribution is -2.36. The van der Waals surface area contributed by atoms with Crippen LogP contribution in [0.5, 0.6) is 0 Å². The molecule has 3 rings (SSSR count). The molecule has 1 amide bonds. The maximum Gasteiger partial charge on any atom is 0.262 e. The van der Waals surface area contributed by atoms with E-state index in [0.717, 1.165) is 5.56 Å². The lowest BCUT2D eigenvalue weighted by atomic mass is 10.1. The molecule has 1 atom stereocenters. The lowest BCUT2D eigenvalue weighted by molar-refractivity contribution is -0.117. The number of carbonyl (C=O) groups is 2. The molecular formula is C20H18N2O5S. The van der Waals surface area contributed by atoms with E-state index in [2.05, 4.69) is 5.32 Å². The first-order chi connectivity index (χ1) is 13.3. The molecule has 2 heterocycles. The molecule has 2 aromatic rings. The van der Waals surface area contributed by atoms with Gasteiger partial charge in [0.15, 0.2) is 15.6 Å². The number of ketones is 1. The van der Waals surface area contributed by atoms with E-state index in [4.69, 9.17) is 4.42 Å². The number of benzene rings is 1. The molecule has 0 saturated carbocycles. The summed E-state index contributed by atoms with van der Waals surface area (Å²) in [6, 6.07) is 11.5. The Hall–Kier alpha value is -3.18. The number of nitriles is 1. The van der Waals surface area contributed by atoms with E-state index in [1.807, 2.05) is 6.07 Å². The molecule has 1 aromatic heterocycles. The Morgan fingerprint density at radius 2 is 1.93 bits per heavy atom. The zero-order valence-corrected chi connectivity index (χ0v) is 16.0. The van der Waals surface area contributed by atoms with Gasteiger partial charge in [0, 0.05) is 23.2 Å². The molecule has 28 heavy (non-hydrogen) atoms. The predicted octanol–water partition coefficient (Wildman–Crippen LogP) is 2.36. The largest absolute Gasteiger partial charge is 0.457 e. The highest BCUT2D eigenvalue weighted by Crippen LogP contribution is 2.24. The molecule has 0 radical (unpaired) electrons. The third-order valence-electron chi connectivity index (χ3n) is 4.42. The average Bonchev–Trinajstić information content (AvgIpc) is 3.25. The molecule has 1 N–H and O–H groups in total. The van der Waals surface area contributed by atoms with Gasteiger partial charge in [-0.25, -0.2) is 8.42 Å². The first-order valence-electron chi connectivity index (χ1n) is 8.62. The van der Waals surface area contributed by atoms with Crippen molar-refractivity contribution in [1.29, 1.82) is 5.26 Å². The maximum atomic E-state index is 12.3. The van der Waals surface area contributed by atoms with Crippen molar-refractivity contribution in [2.24, 2.45) is 0 Å². The van der Waals surface area contributed by atoms with Gasteiger partial charge in [-0.05, 0) is 25.5 Å². The first kappa shape index (κ1) is 19.6. The minimum absolute atomic E-state index is 0.0330. The van der Waals surface area contributed by atoms with Crippen molar-refractivity contribution in [3.63, 3.8) is 0 Å². The Morgan fingerprint density at radius 3 is 2.50 bits per heavy atom. The van der Waals surface area contributed by atoms with Crippen LogP contribution in [0.3, 0.4) is 0 Å². The molecule has 0 spiro atoms. The quantitative estimate of drug-likeness (QED) is 0.469. The monoisotopic (exact) mass is 398 g/mol. The highest BCUT2D eigenvalue weighted by atomic mass is 32.2. The zero-order valence-electron chi connectivity index (χ0n) is 15.1. The molecule has 1 aliphatic heterocycles. The topological polar surface area (TPSA) is 117 Å². The van der Waals surface area contributed by atoms with Crippen molar-refractivity contribution in [2.75, 3.05) is 11.5 Å². The molecule has 144 valence electrons. The number of amides is 1. The van der Waals surface area contributed by atoms with Crippen LogP contribution in [0.25, 0.3) is 17.4 Å². The van der Waals surface area contributed by atoms with E-state index in [9.17, 15) is 23.3 Å². The standard InChI is InChI=1S/C20H18N2O5S/c1-13(23)14-2-4-15(5-3-14)19-7-6-18(27-19)10-16(11-21)20(24)22-17-8-9-28(25,26)12-17/h2-7,10,17H,8-9,12H2,1H3,(H,22,24). The van der Waals surface area contributed by atoms with Gasteiger partial charge in [0.1, 0.15) is 23.2 Å². The second-order valence-electron chi connectivity index (χ2n) is 6.58. The van der Waals surface area contributed by atoms with Crippen LogP contribution >= 0.6 is 0 Å². The van der Waals surface area contributed by atoms with E-state index in [-0.39, 0.29) is 22.9 Å². The summed E-state index contributed by atoms with van der Waals surface area (Å²) in [7, 11) is -3.12. The van der Waals surface area contributed by atoms with Crippen LogP contribution in [-0.2, 0) is 14.6 Å². The number of carbonyl (C=O) groups excluding carboxylic acids is 2. The van der Waals surface area contributed by atoms with Gasteiger partial charge in [0.05, 0.1) is 11.5 Å². The normalized spacial score (nSPS) is 18.4. The van der Waals surface area contributed by atoms with Crippen LogP contribution in [-0.4, -0.2) is 37.7 Å². The number of nitrogens with zero attached hydrogens (tertiary/aromatic N) is 1. The number of hydrogen-bond donors (Lipinski definition) is 1. The fourth-order valence-corrected chi connectivity index (χ4v) is 4.59. The minimum Gasteiger partial charge on any atom is -0.457 e. The second-order valence-corrected chi connectivity index (χ2v) is 8.81. The van der Waals surface area contributed by atoms with Crippen molar-refractivity contribution >= 4 is 27.6 Å². The van der Waals surface area contributed by atoms with Crippen LogP contribution in [0.2, 0.25) is 0 Å². The molecule has 0 aliphatic carbocycles. The fourth-order valence-electron chi connectivity index (χ4n) is 2.92. The van der Waals surface area contributed by atoms with Gasteiger partial charge in [0.25, 0.3) is 5.91 Å². The molecule has 1 saturated heterocycles. The SMILES string of the molecule is CC(=O)c1ccc(-c2ccc(C=C(C#N)C(=O)NC3CCS(=O)(=O)C3)o2)cc1. The van der Waals surface area contributed by atoms with E-state index < -0.39 is 21.8 Å². The third kappa shape index (κ3) is 4.56. The molecule has 1 aliphatic rings. The maximum absolute atomic E-state index is 12.3. The number of rotatable bonds is 5. The Morgan fingerprint density at radius 1 is 1.21 bits per heavy atom. The highest BCUT2D eigenvalue weighted by molar-refractivity contribution is 7.91. The minimum atomic E-state index is -3.12. The number of hydrogen-bond acceptors (Lipinski definition) is 6. The number of furan rings is 1. The molecule has 7 nitrogen and oxygen atoms in total. The van der Waals surface area contributed by atoms with Crippen LogP contribution in [0.1, 0.15) is 29.5 Å². The summed E-state index contributed by atoms with van der Waals surface area (Å²) in [5.41, 5.74) is 1.17. The van der Waals surface area contributed by atoms with Crippen LogP contribution in [0.4, 0.5) is 0 Å². The van der Waals surface area contributed by atoms with Gasteiger partial charge in [0.2, 0.25) is 0 Å². The lowest BCUT2D eigenvalue weighted by Gasteiger charge is -2.09. The van der Waals surface area contributed by atoms with Gasteiger partial charge in [-0.3, -0.25) is 9.59 Å². The van der Waals surface area contributed by atoms with Gasteiger partial charge in [-0.15, -0.1) is 0 Å². The van der Waals surface area contributed by atoms with Crippen molar-refractivity contribution in [2.45, 2.75) is 19.4 Å². The van der Waals surface area contributed by atoms with Gasteiger partial charge < -0.3 is 9.73 Å². The fraction of sp³-hybridized carbons (Fsp3) is 0.250. The Kier molecular flexibility index (Phi) is 5.47. The van der Waals surface area contributed by atoms with Gasteiger partial charge >= 0.3 is 0 Å². The van der Waals surface area contributed by atoms with E-state index in [1.165, 1.54) is 13.0 Å². The molecule has 1 aromatic carbocycles. The third-order valence-corrected chi connectivity index (χ3v) is 6.19. The van der Waals surface area contributed by atoms with Crippen molar-refractivity contribution in [1.82, 2.24) is 5.32 Å². The number of nitrogens with one attached hydrogen (secondary N) is 1. The summed E-state index contributed by atoms with van der Waals surface area (Å²) in [5.74, 6) is 0.103. The van der Waals surface area contributed by atoms with Crippen molar-refractivity contribution in [3.8, 4) is 17.4 Å². The molecule has 8 heteroatoms. The Balaban J connectivity index is 1.74. The van der Waals surface area contributed by atoms with Crippen LogP contribution in [0.15, 0.2) is 46.4 Å². The number of sulfone groups is 1. The van der Waals surface area contributed by atoms with Crippen molar-refractivity contribution in [3.05, 3.63) is 53.3 Å². The predicted molar refractivity (Wildman–Crippen MR) is 103 cm³/mol. The summed E-state index contributed by atoms with van der Waals surface area (Å²) in [6.07, 6.45) is 1.65. The average molecular weight is 398 g/mol. The Labute approximate surface area is 162 Å². The molecule has 0 bridgehead atoms. The van der Waals surface area contributed by atoms with Crippen LogP contribution < -0.4 is 5.32 Å². The summed E-state index contributed by atoms with van der Waals surface area (Å²) >= 11 is 0. The smallest absolute Gasteiger partial charge is 0.262 e. The summed E-state index contributed by atoms with van der Waals surface area (Å²) < 4.78 is 28.6. The van der Waals surface area contributed by atoms with E-state index >= 15 is 0 Å². The van der Waals surface area contributed by atoms with Gasteiger partial charge in [-0.2, -0.15) is 5.26 Å². The molecule has 1 unspecified atom stereocenters. The van der Waals surface area contributed by atoms with E-state index in [1.54, 1.807) is 36.4 Å². The van der Waals surface area contributed by atoms with E-state index in [0.29, 0.717) is 23.5 Å². The Bertz CT molecular complexity index is 1090. The van der Waals surface area contributed by atoms with Gasteiger partial charge in [-0.1, -0.05) is 24.3 Å². The van der Waals surface area contributed by atoms with Crippen molar-refractivity contribution < 1.29 is 22.4 Å². The summed E-state index contributed by atoms with van der Waals surface area (Å²) in [4.78, 5) is 23.6. The summed E-state index contributed by atoms with van der Waals surface area (Å²) in [5, 5.41) is 11.8. The number of Topliss-reactive ketones (excluding diaryl/α,β-unsaturated/α-hetero) is 1. The first-order valence-corrected chi connectivity index (χ1v) is 10.4. The molecule has 1 fully saturated rings. The zero-order chi connectivity index (χ0) is 20.3. The summed E-state index contributed by atoms with van der Waals surface area (Å²) in [6.45, 7) is 1.49. The molecular weight excluding hydrogens is 380 g/mol. The highest BCUT2D eigenvalue weighted by Gasteiger charge is 2.29.